The number of aromatic hydroxyl groups is 1. The molecule has 0 fully saturated rings. The molecule has 0 aliphatic carbocycles. The Morgan fingerprint density at radius 3 is 2.75 bits per heavy atom. The molecule has 2 aromatic carbocycles. The van der Waals surface area contributed by atoms with E-state index >= 15 is 0 Å². The molecule has 0 atom stereocenters. The largest absolute Gasteiger partial charge is 0.504 e. The van der Waals surface area contributed by atoms with Crippen LogP contribution in [0.2, 0.25) is 0 Å². The zero-order valence-electron chi connectivity index (χ0n) is 13.9. The van der Waals surface area contributed by atoms with E-state index in [0.717, 1.165) is 11.1 Å². The molecule has 0 spiro atoms. The summed E-state index contributed by atoms with van der Waals surface area (Å²) in [5.41, 5.74) is 4.88. The van der Waals surface area contributed by atoms with E-state index in [1.807, 2.05) is 32.0 Å². The number of phenols is 1. The van der Waals surface area contributed by atoms with Gasteiger partial charge in [-0.2, -0.15) is 5.10 Å². The first-order valence-corrected chi connectivity index (χ1v) is 7.39. The van der Waals surface area contributed by atoms with Crippen LogP contribution >= 0.6 is 0 Å². The summed E-state index contributed by atoms with van der Waals surface area (Å²) in [6.45, 7) is 3.77. The lowest BCUT2D eigenvalue weighted by molar-refractivity contribution is -0.123. The Balaban J connectivity index is 1.89. The van der Waals surface area contributed by atoms with Crippen molar-refractivity contribution < 1.29 is 19.4 Å². The van der Waals surface area contributed by atoms with Crippen LogP contribution in [0.15, 0.2) is 41.5 Å². The highest BCUT2D eigenvalue weighted by Gasteiger charge is 2.06. The molecule has 0 bridgehead atoms. The number of aryl methyl sites for hydroxylation is 2. The van der Waals surface area contributed by atoms with E-state index in [1.165, 1.54) is 13.3 Å². The zero-order valence-corrected chi connectivity index (χ0v) is 13.9. The number of rotatable bonds is 6. The number of hydrogen-bond acceptors (Lipinski definition) is 5. The number of para-hydroxylation sites is 1. The molecule has 6 heteroatoms. The molecule has 24 heavy (non-hydrogen) atoms. The average Bonchev–Trinajstić information content (AvgIpc) is 2.55. The van der Waals surface area contributed by atoms with Gasteiger partial charge in [0.25, 0.3) is 5.91 Å². The Kier molecular flexibility index (Phi) is 5.78. The fraction of sp³-hybridized carbons (Fsp3) is 0.222. The summed E-state index contributed by atoms with van der Waals surface area (Å²) in [4.78, 5) is 11.8. The van der Waals surface area contributed by atoms with E-state index < -0.39 is 5.91 Å². The van der Waals surface area contributed by atoms with Crippen LogP contribution in [-0.4, -0.2) is 30.9 Å². The number of nitrogens with one attached hydrogen (secondary N) is 1. The fourth-order valence-corrected chi connectivity index (χ4v) is 2.12. The zero-order chi connectivity index (χ0) is 17.5. The number of hydrazone groups is 1. The first-order chi connectivity index (χ1) is 11.5. The molecule has 1 amide bonds. The summed E-state index contributed by atoms with van der Waals surface area (Å²) in [6, 6.07) is 10.7. The number of amides is 1. The molecule has 0 aromatic heterocycles. The number of benzene rings is 2. The highest BCUT2D eigenvalue weighted by molar-refractivity contribution is 5.86. The van der Waals surface area contributed by atoms with E-state index in [2.05, 4.69) is 10.5 Å². The minimum Gasteiger partial charge on any atom is -0.504 e. The van der Waals surface area contributed by atoms with Crippen LogP contribution in [0.3, 0.4) is 0 Å². The van der Waals surface area contributed by atoms with Crippen molar-refractivity contribution >= 4 is 12.1 Å². The van der Waals surface area contributed by atoms with Gasteiger partial charge < -0.3 is 14.6 Å². The van der Waals surface area contributed by atoms with Gasteiger partial charge in [0.15, 0.2) is 18.1 Å². The Labute approximate surface area is 140 Å². The molecule has 6 nitrogen and oxygen atoms in total. The molecule has 0 saturated heterocycles. The van der Waals surface area contributed by atoms with Crippen molar-refractivity contribution in [2.45, 2.75) is 13.8 Å². The molecule has 0 heterocycles. The summed E-state index contributed by atoms with van der Waals surface area (Å²) in [6.07, 6.45) is 1.34. The van der Waals surface area contributed by atoms with Gasteiger partial charge in [-0.05, 0) is 37.6 Å². The second-order valence-electron chi connectivity index (χ2n) is 5.25. The van der Waals surface area contributed by atoms with Crippen molar-refractivity contribution in [1.82, 2.24) is 5.43 Å². The van der Waals surface area contributed by atoms with E-state index in [0.29, 0.717) is 17.1 Å². The maximum atomic E-state index is 11.8. The Bertz CT molecular complexity index is 757. The molecule has 0 radical (unpaired) electrons. The molecule has 0 unspecified atom stereocenters. The van der Waals surface area contributed by atoms with Gasteiger partial charge >= 0.3 is 0 Å². The number of carbonyl (C=O) groups is 1. The topological polar surface area (TPSA) is 80.2 Å². The average molecular weight is 328 g/mol. The highest BCUT2D eigenvalue weighted by Crippen LogP contribution is 2.27. The van der Waals surface area contributed by atoms with Crippen LogP contribution in [-0.2, 0) is 4.79 Å². The van der Waals surface area contributed by atoms with Crippen molar-refractivity contribution in [2.75, 3.05) is 13.7 Å². The van der Waals surface area contributed by atoms with E-state index in [-0.39, 0.29) is 12.4 Å². The summed E-state index contributed by atoms with van der Waals surface area (Å²) < 4.78 is 10.5. The van der Waals surface area contributed by atoms with Crippen LogP contribution in [0.5, 0.6) is 17.2 Å². The fourth-order valence-electron chi connectivity index (χ4n) is 2.12. The highest BCUT2D eigenvalue weighted by atomic mass is 16.5. The van der Waals surface area contributed by atoms with Crippen LogP contribution < -0.4 is 14.9 Å². The molecule has 126 valence electrons. The number of ether oxygens (including phenoxy) is 2. The third kappa shape index (κ3) is 4.49. The number of carbonyl (C=O) groups excluding carboxylic acids is 1. The number of phenolic OH excluding ortho intramolecular Hbond substituents is 1. The lowest BCUT2D eigenvalue weighted by atomic mass is 10.1. The van der Waals surface area contributed by atoms with E-state index in [9.17, 15) is 9.90 Å². The maximum absolute atomic E-state index is 11.8. The molecule has 2 N–H and O–H groups in total. The van der Waals surface area contributed by atoms with Crippen LogP contribution in [0.25, 0.3) is 0 Å². The maximum Gasteiger partial charge on any atom is 0.277 e. The molecular weight excluding hydrogens is 308 g/mol. The van der Waals surface area contributed by atoms with Gasteiger partial charge in [-0.1, -0.05) is 23.8 Å². The van der Waals surface area contributed by atoms with Crippen molar-refractivity contribution in [3.05, 3.63) is 53.1 Å². The molecule has 0 aliphatic heterocycles. The third-order valence-corrected chi connectivity index (χ3v) is 3.33. The quantitative estimate of drug-likeness (QED) is 0.631. The van der Waals surface area contributed by atoms with Gasteiger partial charge in [0.1, 0.15) is 5.75 Å². The van der Waals surface area contributed by atoms with Crippen LogP contribution in [0.4, 0.5) is 0 Å². The minimum absolute atomic E-state index is 0.0375. The first kappa shape index (κ1) is 17.3. The van der Waals surface area contributed by atoms with Gasteiger partial charge in [0, 0.05) is 5.56 Å². The predicted octanol–water partition coefficient (Wildman–Crippen LogP) is 2.55. The number of hydrogen-bond donors (Lipinski definition) is 2. The smallest absolute Gasteiger partial charge is 0.277 e. The van der Waals surface area contributed by atoms with Crippen LogP contribution in [0, 0.1) is 13.8 Å². The Hall–Kier alpha value is -3.02. The molecule has 2 rings (SSSR count). The normalized spacial score (nSPS) is 10.6. The van der Waals surface area contributed by atoms with E-state index in [1.54, 1.807) is 18.2 Å². The standard InChI is InChI=1S/C18H20N2O4/c1-12-7-8-15(13(2)9-12)24-11-17(21)20-19-10-14-5-4-6-16(23-3)18(14)22/h4-10,22H,11H2,1-3H3,(H,20,21)/b19-10+. The second kappa shape index (κ2) is 8.01. The minimum atomic E-state index is -0.395. The van der Waals surface area contributed by atoms with Crippen molar-refractivity contribution in [2.24, 2.45) is 5.10 Å². The first-order valence-electron chi connectivity index (χ1n) is 7.39. The van der Waals surface area contributed by atoms with Gasteiger partial charge in [-0.25, -0.2) is 5.43 Å². The predicted molar refractivity (Wildman–Crippen MR) is 91.8 cm³/mol. The SMILES string of the molecule is COc1cccc(/C=N/NC(=O)COc2ccc(C)cc2C)c1O. The number of nitrogens with zero attached hydrogens (tertiary/aromatic N) is 1. The monoisotopic (exact) mass is 328 g/mol. The molecule has 2 aromatic rings. The summed E-state index contributed by atoms with van der Waals surface area (Å²) in [5.74, 6) is 0.562. The second-order valence-corrected chi connectivity index (χ2v) is 5.25. The van der Waals surface area contributed by atoms with Crippen LogP contribution in [0.1, 0.15) is 16.7 Å². The van der Waals surface area contributed by atoms with Gasteiger partial charge in [-0.15, -0.1) is 0 Å². The van der Waals surface area contributed by atoms with Gasteiger partial charge in [0.2, 0.25) is 0 Å². The van der Waals surface area contributed by atoms with Gasteiger partial charge in [-0.3, -0.25) is 4.79 Å². The molecule has 0 aliphatic rings. The number of methoxy groups -OCH3 is 1. The molecule has 0 saturated carbocycles. The Morgan fingerprint density at radius 1 is 1.25 bits per heavy atom. The lowest BCUT2D eigenvalue weighted by Gasteiger charge is -2.08. The lowest BCUT2D eigenvalue weighted by Crippen LogP contribution is -2.24. The summed E-state index contributed by atoms with van der Waals surface area (Å²) >= 11 is 0. The van der Waals surface area contributed by atoms with E-state index in [4.69, 9.17) is 9.47 Å². The summed E-state index contributed by atoms with van der Waals surface area (Å²) in [5, 5.41) is 13.7. The van der Waals surface area contributed by atoms with Crippen molar-refractivity contribution in [3.8, 4) is 17.2 Å². The van der Waals surface area contributed by atoms with Crippen molar-refractivity contribution in [3.63, 3.8) is 0 Å². The van der Waals surface area contributed by atoms with Gasteiger partial charge in [0.05, 0.1) is 13.3 Å². The molecular formula is C18H20N2O4. The summed E-state index contributed by atoms with van der Waals surface area (Å²) in [7, 11) is 1.46. The van der Waals surface area contributed by atoms with Crippen molar-refractivity contribution in [1.29, 1.82) is 0 Å². The Morgan fingerprint density at radius 2 is 2.04 bits per heavy atom. The third-order valence-electron chi connectivity index (χ3n) is 3.33.